The molecule has 1 atom stereocenters. The number of methoxy groups -OCH3 is 1. The molecule has 120 valence electrons. The van der Waals surface area contributed by atoms with E-state index in [1.807, 2.05) is 4.90 Å². The van der Waals surface area contributed by atoms with Crippen LogP contribution in [0.25, 0.3) is 0 Å². The van der Waals surface area contributed by atoms with E-state index in [2.05, 4.69) is 19.2 Å². The number of hydrogen-bond donors (Lipinski definition) is 1. The fourth-order valence-corrected chi connectivity index (χ4v) is 3.56. The molecule has 0 bridgehead atoms. The molecule has 21 heavy (non-hydrogen) atoms. The molecule has 2 fully saturated rings. The van der Waals surface area contributed by atoms with E-state index in [1.54, 1.807) is 7.11 Å². The molecule has 1 saturated heterocycles. The number of ether oxygens (including phenoxy) is 1. The summed E-state index contributed by atoms with van der Waals surface area (Å²) in [6.07, 6.45) is 4.56. The van der Waals surface area contributed by atoms with Crippen LogP contribution >= 0.6 is 0 Å². The van der Waals surface area contributed by atoms with Gasteiger partial charge in [0.1, 0.15) is 0 Å². The van der Waals surface area contributed by atoms with Crippen LogP contribution in [0.4, 0.5) is 0 Å². The molecule has 1 aliphatic heterocycles. The highest BCUT2D eigenvalue weighted by Gasteiger charge is 2.40. The number of nitrogens with zero attached hydrogens (tertiary/aromatic N) is 1. The molecule has 1 unspecified atom stereocenters. The zero-order valence-corrected chi connectivity index (χ0v) is 13.5. The summed E-state index contributed by atoms with van der Waals surface area (Å²) in [6.45, 7) is 6.05. The summed E-state index contributed by atoms with van der Waals surface area (Å²) >= 11 is 0. The Kier molecular flexibility index (Phi) is 5.25. The second kappa shape index (κ2) is 6.77. The van der Waals surface area contributed by atoms with Gasteiger partial charge in [0, 0.05) is 26.6 Å². The lowest BCUT2D eigenvalue weighted by Gasteiger charge is -2.30. The van der Waals surface area contributed by atoms with Crippen molar-refractivity contribution >= 4 is 11.8 Å². The van der Waals surface area contributed by atoms with Crippen molar-refractivity contribution in [2.75, 3.05) is 26.8 Å². The molecular formula is C16H28N2O3. The third-order valence-electron chi connectivity index (χ3n) is 4.54. The zero-order valence-electron chi connectivity index (χ0n) is 13.5. The average Bonchev–Trinajstić information content (AvgIpc) is 2.98. The highest BCUT2D eigenvalue weighted by Crippen LogP contribution is 2.31. The van der Waals surface area contributed by atoms with E-state index in [1.165, 1.54) is 0 Å². The van der Waals surface area contributed by atoms with Crippen LogP contribution in [0.2, 0.25) is 0 Å². The third-order valence-corrected chi connectivity index (χ3v) is 4.54. The first-order valence-corrected chi connectivity index (χ1v) is 8.04. The molecule has 0 spiro atoms. The van der Waals surface area contributed by atoms with Gasteiger partial charge in [-0.15, -0.1) is 0 Å². The normalized spacial score (nSPS) is 24.9. The van der Waals surface area contributed by atoms with E-state index in [9.17, 15) is 9.59 Å². The minimum absolute atomic E-state index is 0.0218. The second-order valence-electron chi connectivity index (χ2n) is 7.00. The molecule has 1 N–H and O–H groups in total. The first kappa shape index (κ1) is 16.3. The van der Waals surface area contributed by atoms with Crippen molar-refractivity contribution in [3.8, 4) is 0 Å². The average molecular weight is 296 g/mol. The summed E-state index contributed by atoms with van der Waals surface area (Å²) in [5, 5.41) is 3.19. The van der Waals surface area contributed by atoms with E-state index in [0.29, 0.717) is 25.5 Å². The van der Waals surface area contributed by atoms with Crippen molar-refractivity contribution in [3.05, 3.63) is 0 Å². The molecule has 5 heteroatoms. The van der Waals surface area contributed by atoms with E-state index in [0.717, 1.165) is 32.2 Å². The Hall–Kier alpha value is -1.10. The molecule has 2 amide bonds. The summed E-state index contributed by atoms with van der Waals surface area (Å²) in [6, 6.07) is 0. The van der Waals surface area contributed by atoms with Gasteiger partial charge in [0.2, 0.25) is 11.8 Å². The molecule has 0 aromatic heterocycles. The minimum Gasteiger partial charge on any atom is -0.382 e. The van der Waals surface area contributed by atoms with Crippen molar-refractivity contribution in [2.45, 2.75) is 51.5 Å². The van der Waals surface area contributed by atoms with Gasteiger partial charge in [-0.05, 0) is 18.8 Å². The van der Waals surface area contributed by atoms with Crippen molar-refractivity contribution in [2.24, 2.45) is 11.8 Å². The topological polar surface area (TPSA) is 58.6 Å². The van der Waals surface area contributed by atoms with Gasteiger partial charge in [-0.1, -0.05) is 26.7 Å². The number of amides is 2. The minimum atomic E-state index is -0.208. The standard InChI is InChI=1S/C16H28N2O3/c1-12(2)9-18-10-13(8-14(18)19)15(20)17-16(11-21-3)6-4-5-7-16/h12-13H,4-11H2,1-3H3,(H,17,20). The van der Waals surface area contributed by atoms with Gasteiger partial charge >= 0.3 is 0 Å². The molecule has 0 aromatic rings. The Morgan fingerprint density at radius 1 is 1.43 bits per heavy atom. The summed E-state index contributed by atoms with van der Waals surface area (Å²) in [4.78, 5) is 26.3. The molecule has 2 rings (SSSR count). The third kappa shape index (κ3) is 3.96. The van der Waals surface area contributed by atoms with E-state index in [-0.39, 0.29) is 23.3 Å². The number of likely N-dealkylation sites (tertiary alicyclic amines) is 1. The lowest BCUT2D eigenvalue weighted by atomic mass is 9.96. The molecule has 0 aromatic carbocycles. The first-order chi connectivity index (χ1) is 9.96. The predicted molar refractivity (Wildman–Crippen MR) is 80.7 cm³/mol. The fraction of sp³-hybridized carbons (Fsp3) is 0.875. The molecular weight excluding hydrogens is 268 g/mol. The number of nitrogens with one attached hydrogen (secondary N) is 1. The van der Waals surface area contributed by atoms with Crippen molar-refractivity contribution in [1.82, 2.24) is 10.2 Å². The van der Waals surface area contributed by atoms with Crippen molar-refractivity contribution in [3.63, 3.8) is 0 Å². The Bertz CT molecular complexity index is 389. The molecule has 5 nitrogen and oxygen atoms in total. The number of rotatable bonds is 6. The highest BCUT2D eigenvalue weighted by molar-refractivity contribution is 5.89. The lowest BCUT2D eigenvalue weighted by molar-refractivity contribution is -0.130. The monoisotopic (exact) mass is 296 g/mol. The van der Waals surface area contributed by atoms with Crippen molar-refractivity contribution < 1.29 is 14.3 Å². The Balaban J connectivity index is 1.93. The molecule has 1 heterocycles. The molecule has 1 saturated carbocycles. The van der Waals surface area contributed by atoms with Gasteiger partial charge in [0.15, 0.2) is 0 Å². The molecule has 0 radical (unpaired) electrons. The van der Waals surface area contributed by atoms with Crippen LogP contribution in [-0.4, -0.2) is 49.1 Å². The van der Waals surface area contributed by atoms with E-state index >= 15 is 0 Å². The maximum atomic E-state index is 12.5. The first-order valence-electron chi connectivity index (χ1n) is 8.04. The Morgan fingerprint density at radius 3 is 2.67 bits per heavy atom. The Labute approximate surface area is 127 Å². The van der Waals surface area contributed by atoms with Gasteiger partial charge in [-0.3, -0.25) is 9.59 Å². The van der Waals surface area contributed by atoms with Crippen molar-refractivity contribution in [1.29, 1.82) is 0 Å². The summed E-state index contributed by atoms with van der Waals surface area (Å²) < 4.78 is 5.30. The van der Waals surface area contributed by atoms with Crippen LogP contribution in [0.1, 0.15) is 46.0 Å². The van der Waals surface area contributed by atoms with Gasteiger partial charge in [-0.25, -0.2) is 0 Å². The smallest absolute Gasteiger partial charge is 0.225 e. The second-order valence-corrected chi connectivity index (χ2v) is 7.00. The van der Waals surface area contributed by atoms with E-state index < -0.39 is 0 Å². The SMILES string of the molecule is COCC1(NC(=O)C2CC(=O)N(CC(C)C)C2)CCCC1. The number of carbonyl (C=O) groups excluding carboxylic acids is 2. The lowest BCUT2D eigenvalue weighted by Crippen LogP contribution is -2.52. The van der Waals surface area contributed by atoms with Crippen LogP contribution in [-0.2, 0) is 14.3 Å². The molecule has 2 aliphatic rings. The zero-order chi connectivity index (χ0) is 15.5. The highest BCUT2D eigenvalue weighted by atomic mass is 16.5. The van der Waals surface area contributed by atoms with Crippen LogP contribution < -0.4 is 5.32 Å². The summed E-state index contributed by atoms with van der Waals surface area (Å²) in [5.41, 5.74) is -0.208. The maximum Gasteiger partial charge on any atom is 0.225 e. The van der Waals surface area contributed by atoms with Gasteiger partial charge in [-0.2, -0.15) is 0 Å². The van der Waals surface area contributed by atoms with Gasteiger partial charge in [0.05, 0.1) is 18.1 Å². The number of hydrogen-bond acceptors (Lipinski definition) is 3. The predicted octanol–water partition coefficient (Wildman–Crippen LogP) is 1.57. The van der Waals surface area contributed by atoms with E-state index in [4.69, 9.17) is 4.74 Å². The molecule has 1 aliphatic carbocycles. The van der Waals surface area contributed by atoms with Crippen LogP contribution in [0.3, 0.4) is 0 Å². The maximum absolute atomic E-state index is 12.5. The summed E-state index contributed by atoms with van der Waals surface area (Å²) in [5.74, 6) is 0.362. The summed E-state index contributed by atoms with van der Waals surface area (Å²) in [7, 11) is 1.68. The Morgan fingerprint density at radius 2 is 2.10 bits per heavy atom. The largest absolute Gasteiger partial charge is 0.382 e. The van der Waals surface area contributed by atoms with Crippen LogP contribution in [0.5, 0.6) is 0 Å². The fourth-order valence-electron chi connectivity index (χ4n) is 3.56. The van der Waals surface area contributed by atoms with Gasteiger partial charge in [0.25, 0.3) is 0 Å². The quantitative estimate of drug-likeness (QED) is 0.809. The van der Waals surface area contributed by atoms with Crippen LogP contribution in [0, 0.1) is 11.8 Å². The van der Waals surface area contributed by atoms with Crippen LogP contribution in [0.15, 0.2) is 0 Å². The number of carbonyl (C=O) groups is 2. The van der Waals surface area contributed by atoms with Gasteiger partial charge < -0.3 is 15.0 Å².